The summed E-state index contributed by atoms with van der Waals surface area (Å²) in [7, 11) is 1.44. The lowest BCUT2D eigenvalue weighted by atomic mass is 9.95. The van der Waals surface area contributed by atoms with E-state index in [0.717, 1.165) is 24.8 Å². The molecule has 2 heterocycles. The van der Waals surface area contributed by atoms with Gasteiger partial charge in [-0.3, -0.25) is 10.1 Å². The van der Waals surface area contributed by atoms with Crippen LogP contribution in [0.15, 0.2) is 18.2 Å². The van der Waals surface area contributed by atoms with Crippen LogP contribution in [-0.2, 0) is 11.3 Å². The van der Waals surface area contributed by atoms with Crippen molar-refractivity contribution < 1.29 is 14.4 Å². The first-order chi connectivity index (χ1) is 9.67. The van der Waals surface area contributed by atoms with Gasteiger partial charge in [0, 0.05) is 18.7 Å². The summed E-state index contributed by atoms with van der Waals surface area (Å²) in [6, 6.07) is 5.44. The van der Waals surface area contributed by atoms with Crippen molar-refractivity contribution in [2.24, 2.45) is 0 Å². The van der Waals surface area contributed by atoms with Gasteiger partial charge in [0.1, 0.15) is 0 Å². The Morgan fingerprint density at radius 1 is 1.50 bits per heavy atom. The lowest BCUT2D eigenvalue weighted by molar-refractivity contribution is -0.385. The van der Waals surface area contributed by atoms with Crippen molar-refractivity contribution in [3.05, 3.63) is 33.9 Å². The van der Waals surface area contributed by atoms with Crippen molar-refractivity contribution in [1.82, 2.24) is 5.32 Å². The Hall–Kier alpha value is -1.66. The third-order valence-electron chi connectivity index (χ3n) is 4.11. The summed E-state index contributed by atoms with van der Waals surface area (Å²) in [5, 5.41) is 14.4. The average molecular weight is 278 g/mol. The number of rotatable bonds is 5. The molecule has 20 heavy (non-hydrogen) atoms. The minimum atomic E-state index is -0.414. The highest BCUT2D eigenvalue weighted by molar-refractivity contribution is 5.48. The Balaban J connectivity index is 1.65. The molecule has 0 radical (unpaired) electrons. The van der Waals surface area contributed by atoms with Crippen LogP contribution in [0.5, 0.6) is 5.75 Å². The maximum Gasteiger partial charge on any atom is 0.311 e. The first kappa shape index (κ1) is 13.3. The smallest absolute Gasteiger partial charge is 0.311 e. The number of nitrogens with zero attached hydrogens (tertiary/aromatic N) is 1. The van der Waals surface area contributed by atoms with E-state index in [1.54, 1.807) is 12.1 Å². The second kappa shape index (κ2) is 5.38. The molecule has 1 aromatic rings. The van der Waals surface area contributed by atoms with Crippen molar-refractivity contribution in [1.29, 1.82) is 0 Å². The van der Waals surface area contributed by atoms with E-state index in [1.807, 2.05) is 6.07 Å². The van der Waals surface area contributed by atoms with Crippen molar-refractivity contribution in [3.8, 4) is 5.75 Å². The number of fused-ring (bicyclic) bond motifs is 2. The molecule has 6 heteroatoms. The van der Waals surface area contributed by atoms with Crippen LogP contribution < -0.4 is 10.1 Å². The van der Waals surface area contributed by atoms with Crippen LogP contribution in [0.1, 0.15) is 24.8 Å². The fraction of sp³-hybridized carbons (Fsp3) is 0.571. The minimum Gasteiger partial charge on any atom is -0.490 e. The minimum absolute atomic E-state index is 0.0102. The van der Waals surface area contributed by atoms with Gasteiger partial charge in [0.2, 0.25) is 0 Å². The van der Waals surface area contributed by atoms with E-state index in [2.05, 4.69) is 5.32 Å². The summed E-state index contributed by atoms with van der Waals surface area (Å²) < 4.78 is 10.8. The molecule has 2 bridgehead atoms. The van der Waals surface area contributed by atoms with Crippen LogP contribution >= 0.6 is 0 Å². The van der Waals surface area contributed by atoms with E-state index in [1.165, 1.54) is 7.11 Å². The van der Waals surface area contributed by atoms with E-state index in [0.29, 0.717) is 30.5 Å². The molecule has 1 N–H and O–H groups in total. The zero-order chi connectivity index (χ0) is 14.1. The van der Waals surface area contributed by atoms with Crippen LogP contribution in [0.25, 0.3) is 0 Å². The Morgan fingerprint density at radius 2 is 2.35 bits per heavy atom. The molecule has 2 saturated heterocycles. The number of nitrogens with one attached hydrogen (secondary N) is 1. The number of nitro benzene ring substituents is 1. The number of ether oxygens (including phenoxy) is 2. The van der Waals surface area contributed by atoms with E-state index in [-0.39, 0.29) is 5.69 Å². The van der Waals surface area contributed by atoms with Gasteiger partial charge in [0.05, 0.1) is 24.2 Å². The lowest BCUT2D eigenvalue weighted by Gasteiger charge is -2.20. The van der Waals surface area contributed by atoms with Gasteiger partial charge in [-0.05, 0) is 30.9 Å². The number of nitro groups is 1. The van der Waals surface area contributed by atoms with Crippen molar-refractivity contribution >= 4 is 5.69 Å². The molecular weight excluding hydrogens is 260 g/mol. The maximum atomic E-state index is 11.0. The molecule has 3 rings (SSSR count). The standard InChI is InChI=1S/C14H18N2O4/c1-19-14-4-2-9(6-12(14)16(17)18)8-15-11-7-10-3-5-13(11)20-10/h2,4,6,10-11,13,15H,3,5,7-8H2,1H3. The second-order valence-electron chi connectivity index (χ2n) is 5.36. The molecule has 6 nitrogen and oxygen atoms in total. The van der Waals surface area contributed by atoms with Gasteiger partial charge in [-0.2, -0.15) is 0 Å². The van der Waals surface area contributed by atoms with Crippen LogP contribution in [0, 0.1) is 10.1 Å². The number of methoxy groups -OCH3 is 1. The zero-order valence-corrected chi connectivity index (χ0v) is 11.4. The van der Waals surface area contributed by atoms with E-state index < -0.39 is 4.92 Å². The first-order valence-electron chi connectivity index (χ1n) is 6.87. The molecule has 2 aliphatic heterocycles. The summed E-state index contributed by atoms with van der Waals surface area (Å²) >= 11 is 0. The Kier molecular flexibility index (Phi) is 3.58. The fourth-order valence-electron chi connectivity index (χ4n) is 3.09. The first-order valence-corrected chi connectivity index (χ1v) is 6.87. The summed E-state index contributed by atoms with van der Waals surface area (Å²) in [5.74, 6) is 0.294. The molecule has 2 aliphatic rings. The Bertz CT molecular complexity index is 520. The van der Waals surface area contributed by atoms with Gasteiger partial charge >= 0.3 is 5.69 Å². The van der Waals surface area contributed by atoms with Gasteiger partial charge in [-0.25, -0.2) is 0 Å². The van der Waals surface area contributed by atoms with Crippen molar-refractivity contribution in [2.45, 2.75) is 44.1 Å². The molecule has 108 valence electrons. The molecule has 3 unspecified atom stereocenters. The molecule has 1 aromatic carbocycles. The molecule has 2 fully saturated rings. The molecule has 0 amide bonds. The highest BCUT2D eigenvalue weighted by Gasteiger charge is 2.40. The predicted octanol–water partition coefficient (Wildman–Crippen LogP) is 2.01. The van der Waals surface area contributed by atoms with Crippen LogP contribution in [0.2, 0.25) is 0 Å². The SMILES string of the molecule is COc1ccc(CNC2CC3CCC2O3)cc1[N+](=O)[O-]. The molecule has 0 spiro atoms. The quantitative estimate of drug-likeness (QED) is 0.659. The largest absolute Gasteiger partial charge is 0.490 e. The van der Waals surface area contributed by atoms with Gasteiger partial charge in [-0.15, -0.1) is 0 Å². The monoisotopic (exact) mass is 278 g/mol. The molecule has 3 atom stereocenters. The zero-order valence-electron chi connectivity index (χ0n) is 11.4. The second-order valence-corrected chi connectivity index (χ2v) is 5.36. The normalized spacial score (nSPS) is 27.8. The van der Waals surface area contributed by atoms with Gasteiger partial charge < -0.3 is 14.8 Å². The Labute approximate surface area is 117 Å². The fourth-order valence-corrected chi connectivity index (χ4v) is 3.09. The van der Waals surface area contributed by atoms with Crippen molar-refractivity contribution in [2.75, 3.05) is 7.11 Å². The maximum absolute atomic E-state index is 11.0. The third kappa shape index (κ3) is 2.48. The number of hydrogen-bond acceptors (Lipinski definition) is 5. The molecule has 0 aromatic heterocycles. The average Bonchev–Trinajstić information content (AvgIpc) is 3.07. The van der Waals surface area contributed by atoms with E-state index in [4.69, 9.17) is 9.47 Å². The van der Waals surface area contributed by atoms with Crippen LogP contribution in [-0.4, -0.2) is 30.3 Å². The predicted molar refractivity (Wildman–Crippen MR) is 72.8 cm³/mol. The molecular formula is C14H18N2O4. The summed E-state index contributed by atoms with van der Waals surface area (Å²) in [6.07, 6.45) is 4.04. The van der Waals surface area contributed by atoms with E-state index >= 15 is 0 Å². The van der Waals surface area contributed by atoms with Crippen LogP contribution in [0.3, 0.4) is 0 Å². The highest BCUT2D eigenvalue weighted by atomic mass is 16.6. The molecule has 0 saturated carbocycles. The lowest BCUT2D eigenvalue weighted by Crippen LogP contribution is -2.36. The topological polar surface area (TPSA) is 73.6 Å². The summed E-state index contributed by atoms with van der Waals surface area (Å²) in [5.41, 5.74) is 0.899. The molecule has 0 aliphatic carbocycles. The van der Waals surface area contributed by atoms with E-state index in [9.17, 15) is 10.1 Å². The number of benzene rings is 1. The highest BCUT2D eigenvalue weighted by Crippen LogP contribution is 2.34. The van der Waals surface area contributed by atoms with Crippen LogP contribution in [0.4, 0.5) is 5.69 Å². The van der Waals surface area contributed by atoms with Crippen molar-refractivity contribution in [3.63, 3.8) is 0 Å². The van der Waals surface area contributed by atoms with Gasteiger partial charge in [0.25, 0.3) is 0 Å². The summed E-state index contributed by atoms with van der Waals surface area (Å²) in [4.78, 5) is 10.6. The third-order valence-corrected chi connectivity index (χ3v) is 4.11. The number of hydrogen-bond donors (Lipinski definition) is 1. The summed E-state index contributed by atoms with van der Waals surface area (Å²) in [6.45, 7) is 0.613. The van der Waals surface area contributed by atoms with Gasteiger partial charge in [-0.1, -0.05) is 6.07 Å². The van der Waals surface area contributed by atoms with Gasteiger partial charge in [0.15, 0.2) is 5.75 Å². The Morgan fingerprint density at radius 3 is 2.95 bits per heavy atom.